The van der Waals surface area contributed by atoms with Crippen LogP contribution in [0.5, 0.6) is 0 Å². The van der Waals surface area contributed by atoms with Gasteiger partial charge in [0.05, 0.1) is 0 Å². The van der Waals surface area contributed by atoms with Crippen molar-refractivity contribution < 1.29 is 23.8 Å². The molecule has 0 unspecified atom stereocenters. The number of carboxylic acids is 1. The molecule has 0 heterocycles. The fourth-order valence-electron chi connectivity index (χ4n) is 1.82. The number of aromatic carboxylic acids is 1. The first-order valence-electron chi connectivity index (χ1n) is 5.85. The summed E-state index contributed by atoms with van der Waals surface area (Å²) in [4.78, 5) is 11.2. The maximum atomic E-state index is 14.0. The number of ether oxygens (including phenoxy) is 2. The molecule has 19 heavy (non-hydrogen) atoms. The van der Waals surface area contributed by atoms with Crippen LogP contribution in [0.1, 0.15) is 48.5 Å². The number of carboxylic acid groups (broad SMARTS) is 1. The van der Waals surface area contributed by atoms with Crippen molar-refractivity contribution in [3.05, 3.63) is 34.6 Å². The molecule has 0 aromatic heterocycles. The topological polar surface area (TPSA) is 55.8 Å². The lowest BCUT2D eigenvalue weighted by atomic mass is 9.85. The number of hydrogen-bond donors (Lipinski definition) is 1. The number of rotatable bonds is 4. The zero-order chi connectivity index (χ0) is 14.8. The zero-order valence-electron chi connectivity index (χ0n) is 11.8. The highest BCUT2D eigenvalue weighted by molar-refractivity contribution is 5.90. The second-order valence-electron chi connectivity index (χ2n) is 5.28. The van der Waals surface area contributed by atoms with E-state index < -0.39 is 23.6 Å². The molecule has 0 aliphatic heterocycles. The van der Waals surface area contributed by atoms with Crippen LogP contribution < -0.4 is 0 Å². The van der Waals surface area contributed by atoms with Crippen LogP contribution in [0.25, 0.3) is 0 Å². The van der Waals surface area contributed by atoms with Gasteiger partial charge in [-0.15, -0.1) is 0 Å². The van der Waals surface area contributed by atoms with Crippen LogP contribution in [-0.4, -0.2) is 25.3 Å². The minimum absolute atomic E-state index is 0.183. The maximum Gasteiger partial charge on any atom is 0.339 e. The summed E-state index contributed by atoms with van der Waals surface area (Å²) in [6.07, 6.45) is -0.914. The second-order valence-corrected chi connectivity index (χ2v) is 5.28. The van der Waals surface area contributed by atoms with Crippen LogP contribution in [0.2, 0.25) is 0 Å². The van der Waals surface area contributed by atoms with Crippen LogP contribution in [0.15, 0.2) is 12.1 Å². The van der Waals surface area contributed by atoms with Crippen molar-refractivity contribution in [2.24, 2.45) is 0 Å². The Morgan fingerprint density at radius 1 is 1.26 bits per heavy atom. The number of methoxy groups -OCH3 is 2. The van der Waals surface area contributed by atoms with E-state index in [0.717, 1.165) is 0 Å². The van der Waals surface area contributed by atoms with E-state index in [1.807, 2.05) is 20.8 Å². The lowest BCUT2D eigenvalue weighted by molar-refractivity contribution is -0.106. The van der Waals surface area contributed by atoms with Crippen molar-refractivity contribution in [3.63, 3.8) is 0 Å². The molecule has 0 amide bonds. The van der Waals surface area contributed by atoms with Crippen molar-refractivity contribution in [1.82, 2.24) is 0 Å². The highest BCUT2D eigenvalue weighted by Crippen LogP contribution is 2.31. The van der Waals surface area contributed by atoms with E-state index in [1.54, 1.807) is 6.07 Å². The first kappa shape index (κ1) is 15.6. The minimum Gasteiger partial charge on any atom is -0.478 e. The molecule has 1 aromatic rings. The molecule has 0 saturated carbocycles. The molecule has 0 radical (unpaired) electrons. The molecule has 0 saturated heterocycles. The van der Waals surface area contributed by atoms with E-state index in [4.69, 9.17) is 14.6 Å². The number of halogens is 1. The number of carbonyl (C=O) groups is 1. The standard InChI is InChI=1S/C14H19FO4/c1-14(2,3)8-6-9(13(18-4)19-5)11(12(16)17)10(15)7-8/h6-7,13H,1-5H3,(H,16,17). The predicted molar refractivity (Wildman–Crippen MR) is 68.8 cm³/mol. The van der Waals surface area contributed by atoms with Crippen molar-refractivity contribution in [1.29, 1.82) is 0 Å². The smallest absolute Gasteiger partial charge is 0.339 e. The van der Waals surface area contributed by atoms with Crippen LogP contribution >= 0.6 is 0 Å². The first-order chi connectivity index (χ1) is 8.72. The second kappa shape index (κ2) is 5.67. The van der Waals surface area contributed by atoms with Crippen LogP contribution in [0, 0.1) is 5.82 Å². The monoisotopic (exact) mass is 270 g/mol. The third-order valence-electron chi connectivity index (χ3n) is 2.88. The van der Waals surface area contributed by atoms with Gasteiger partial charge in [0.25, 0.3) is 0 Å². The molecule has 1 aromatic carbocycles. The largest absolute Gasteiger partial charge is 0.478 e. The molecule has 0 fully saturated rings. The third-order valence-corrected chi connectivity index (χ3v) is 2.88. The zero-order valence-corrected chi connectivity index (χ0v) is 11.8. The Morgan fingerprint density at radius 2 is 1.79 bits per heavy atom. The molecule has 0 aliphatic rings. The normalized spacial score (nSPS) is 11.9. The lowest BCUT2D eigenvalue weighted by Gasteiger charge is -2.23. The fraction of sp³-hybridized carbons (Fsp3) is 0.500. The van der Waals surface area contributed by atoms with E-state index in [2.05, 4.69) is 0 Å². The summed E-state index contributed by atoms with van der Waals surface area (Å²) in [6.45, 7) is 5.75. The van der Waals surface area contributed by atoms with Crippen molar-refractivity contribution in [2.45, 2.75) is 32.5 Å². The Bertz CT molecular complexity index is 473. The van der Waals surface area contributed by atoms with Crippen LogP contribution in [0.3, 0.4) is 0 Å². The van der Waals surface area contributed by atoms with E-state index in [0.29, 0.717) is 5.56 Å². The van der Waals surface area contributed by atoms with E-state index in [1.165, 1.54) is 20.3 Å². The van der Waals surface area contributed by atoms with Gasteiger partial charge in [0, 0.05) is 19.8 Å². The summed E-state index contributed by atoms with van der Waals surface area (Å²) in [5, 5.41) is 9.13. The SMILES string of the molecule is COC(OC)c1cc(C(C)(C)C)cc(F)c1C(=O)O. The van der Waals surface area contributed by atoms with Gasteiger partial charge in [-0.3, -0.25) is 0 Å². The quantitative estimate of drug-likeness (QED) is 0.854. The van der Waals surface area contributed by atoms with E-state index in [-0.39, 0.29) is 11.0 Å². The Balaban J connectivity index is 3.54. The van der Waals surface area contributed by atoms with Crippen LogP contribution in [-0.2, 0) is 14.9 Å². The molecule has 0 aliphatic carbocycles. The van der Waals surface area contributed by atoms with Crippen molar-refractivity contribution >= 4 is 5.97 Å². The fourth-order valence-corrected chi connectivity index (χ4v) is 1.82. The van der Waals surface area contributed by atoms with E-state index in [9.17, 15) is 9.18 Å². The van der Waals surface area contributed by atoms with Gasteiger partial charge >= 0.3 is 5.97 Å². The summed E-state index contributed by atoms with van der Waals surface area (Å²) in [5.74, 6) is -2.12. The molecule has 0 bridgehead atoms. The predicted octanol–water partition coefficient (Wildman–Crippen LogP) is 3.11. The average molecular weight is 270 g/mol. The lowest BCUT2D eigenvalue weighted by Crippen LogP contribution is -2.18. The first-order valence-corrected chi connectivity index (χ1v) is 5.85. The van der Waals surface area contributed by atoms with Gasteiger partial charge < -0.3 is 14.6 Å². The van der Waals surface area contributed by atoms with Gasteiger partial charge in [-0.25, -0.2) is 9.18 Å². The molecule has 0 spiro atoms. The maximum absolute atomic E-state index is 14.0. The van der Waals surface area contributed by atoms with Gasteiger partial charge in [-0.05, 0) is 23.1 Å². The number of hydrogen-bond acceptors (Lipinski definition) is 3. The van der Waals surface area contributed by atoms with Gasteiger partial charge in [-0.2, -0.15) is 0 Å². The Hall–Kier alpha value is -1.46. The Kier molecular flexibility index (Phi) is 4.66. The highest BCUT2D eigenvalue weighted by Gasteiger charge is 2.26. The summed E-state index contributed by atoms with van der Waals surface area (Å²) < 4.78 is 24.1. The van der Waals surface area contributed by atoms with Crippen molar-refractivity contribution in [3.8, 4) is 0 Å². The highest BCUT2D eigenvalue weighted by atomic mass is 19.1. The molecule has 4 nitrogen and oxygen atoms in total. The average Bonchev–Trinajstić information content (AvgIpc) is 2.28. The molecule has 1 N–H and O–H groups in total. The van der Waals surface area contributed by atoms with Gasteiger partial charge in [0.2, 0.25) is 0 Å². The molecule has 1 rings (SSSR count). The van der Waals surface area contributed by atoms with Gasteiger partial charge in [0.15, 0.2) is 6.29 Å². The summed E-state index contributed by atoms with van der Waals surface area (Å²) >= 11 is 0. The molecular weight excluding hydrogens is 251 g/mol. The Morgan fingerprint density at radius 3 is 2.16 bits per heavy atom. The summed E-state index contributed by atoms with van der Waals surface area (Å²) in [6, 6.07) is 2.86. The summed E-state index contributed by atoms with van der Waals surface area (Å²) in [7, 11) is 2.75. The Labute approximate surface area is 112 Å². The van der Waals surface area contributed by atoms with E-state index >= 15 is 0 Å². The number of benzene rings is 1. The van der Waals surface area contributed by atoms with Gasteiger partial charge in [0.1, 0.15) is 11.4 Å². The van der Waals surface area contributed by atoms with Crippen molar-refractivity contribution in [2.75, 3.05) is 14.2 Å². The molecule has 106 valence electrons. The molecular formula is C14H19FO4. The van der Waals surface area contributed by atoms with Gasteiger partial charge in [-0.1, -0.05) is 20.8 Å². The van der Waals surface area contributed by atoms with Crippen LogP contribution in [0.4, 0.5) is 4.39 Å². The third kappa shape index (κ3) is 3.30. The molecule has 0 atom stereocenters. The minimum atomic E-state index is -1.34. The summed E-state index contributed by atoms with van der Waals surface area (Å²) in [5.41, 5.74) is 0.145. The molecule has 5 heteroatoms.